The molecule has 0 aliphatic heterocycles. The van der Waals surface area contributed by atoms with E-state index in [9.17, 15) is 0 Å². The number of aromatic nitrogens is 2. The summed E-state index contributed by atoms with van der Waals surface area (Å²) < 4.78 is 0. The van der Waals surface area contributed by atoms with E-state index in [2.05, 4.69) is 15.3 Å². The van der Waals surface area contributed by atoms with Gasteiger partial charge in [-0.2, -0.15) is 0 Å². The minimum absolute atomic E-state index is 0. The van der Waals surface area contributed by atoms with Crippen molar-refractivity contribution in [1.29, 1.82) is 0 Å². The van der Waals surface area contributed by atoms with Gasteiger partial charge in [0.2, 0.25) is 5.95 Å². The molecule has 0 fully saturated rings. The number of nitrogens with one attached hydrogen (secondary N) is 2. The average Bonchev–Trinajstić information content (AvgIpc) is 2.59. The van der Waals surface area contributed by atoms with E-state index in [-0.39, 0.29) is 12.4 Å². The Balaban J connectivity index is 0.000000845. The van der Waals surface area contributed by atoms with Crippen LogP contribution in [-0.2, 0) is 0 Å². The minimum atomic E-state index is 0. The maximum absolute atomic E-state index is 4.04. The first-order valence-electron chi connectivity index (χ1n) is 3.76. The number of para-hydroxylation sites is 1. The van der Waals surface area contributed by atoms with Crippen LogP contribution in [0, 0.1) is 0 Å². The fraction of sp³-hybridized carbons (Fsp3) is 0. The van der Waals surface area contributed by atoms with Crippen LogP contribution in [0.5, 0.6) is 0 Å². The van der Waals surface area contributed by atoms with E-state index in [1.165, 1.54) is 0 Å². The van der Waals surface area contributed by atoms with Crippen molar-refractivity contribution in [2.24, 2.45) is 0 Å². The number of rotatable bonds is 2. The Kier molecular flexibility index (Phi) is 3.34. The molecule has 0 amide bonds. The molecule has 2 N–H and O–H groups in total. The maximum Gasteiger partial charge on any atom is 0.204 e. The molecular weight excluding hydrogens is 186 g/mol. The van der Waals surface area contributed by atoms with Gasteiger partial charge in [0.05, 0.1) is 0 Å². The van der Waals surface area contributed by atoms with Crippen LogP contribution in [0.4, 0.5) is 11.6 Å². The standard InChI is InChI=1S/C9H9N3.ClH/c1-2-4-8(5-3-1)12-9-10-6-7-11-9;/h1-7H,(H2,10,11,12);1H. The molecule has 1 heterocycles. The molecule has 0 bridgehead atoms. The number of benzene rings is 1. The number of hydrogen-bond donors (Lipinski definition) is 2. The van der Waals surface area contributed by atoms with E-state index in [1.54, 1.807) is 12.4 Å². The van der Waals surface area contributed by atoms with Gasteiger partial charge in [0.1, 0.15) is 0 Å². The topological polar surface area (TPSA) is 40.7 Å². The van der Waals surface area contributed by atoms with E-state index >= 15 is 0 Å². The lowest BCUT2D eigenvalue weighted by atomic mass is 10.3. The Hall–Kier alpha value is -1.48. The molecule has 4 heteroatoms. The summed E-state index contributed by atoms with van der Waals surface area (Å²) in [5.74, 6) is 0.765. The molecule has 0 unspecified atom stereocenters. The highest BCUT2D eigenvalue weighted by molar-refractivity contribution is 5.85. The summed E-state index contributed by atoms with van der Waals surface area (Å²) in [6.07, 6.45) is 3.50. The molecule has 0 aliphatic rings. The summed E-state index contributed by atoms with van der Waals surface area (Å²) in [5, 5.41) is 3.12. The van der Waals surface area contributed by atoms with Gasteiger partial charge < -0.3 is 10.3 Å². The third-order valence-electron chi connectivity index (χ3n) is 1.53. The number of hydrogen-bond acceptors (Lipinski definition) is 2. The summed E-state index contributed by atoms with van der Waals surface area (Å²) in [6, 6.07) is 9.91. The monoisotopic (exact) mass is 195 g/mol. The van der Waals surface area contributed by atoms with Crippen molar-refractivity contribution in [2.45, 2.75) is 0 Å². The van der Waals surface area contributed by atoms with Gasteiger partial charge in [-0.1, -0.05) is 18.2 Å². The van der Waals surface area contributed by atoms with E-state index in [4.69, 9.17) is 0 Å². The summed E-state index contributed by atoms with van der Waals surface area (Å²) in [7, 11) is 0. The molecule has 0 radical (unpaired) electrons. The number of aromatic amines is 1. The quantitative estimate of drug-likeness (QED) is 0.774. The van der Waals surface area contributed by atoms with Crippen LogP contribution in [0.25, 0.3) is 0 Å². The zero-order chi connectivity index (χ0) is 8.23. The Morgan fingerprint density at radius 3 is 2.54 bits per heavy atom. The zero-order valence-electron chi connectivity index (χ0n) is 6.90. The minimum Gasteiger partial charge on any atom is -0.331 e. The molecule has 0 aliphatic carbocycles. The van der Waals surface area contributed by atoms with Crippen LogP contribution < -0.4 is 5.32 Å². The van der Waals surface area contributed by atoms with E-state index in [0.29, 0.717) is 0 Å². The molecule has 0 saturated heterocycles. The van der Waals surface area contributed by atoms with Crippen molar-refractivity contribution in [2.75, 3.05) is 5.32 Å². The first kappa shape index (κ1) is 9.61. The van der Waals surface area contributed by atoms with Gasteiger partial charge in [0.15, 0.2) is 0 Å². The fourth-order valence-corrected chi connectivity index (χ4v) is 0.992. The van der Waals surface area contributed by atoms with E-state index in [0.717, 1.165) is 11.6 Å². The lowest BCUT2D eigenvalue weighted by Crippen LogP contribution is -1.90. The number of H-pyrrole nitrogens is 1. The molecule has 2 rings (SSSR count). The third-order valence-corrected chi connectivity index (χ3v) is 1.53. The van der Waals surface area contributed by atoms with Gasteiger partial charge in [-0.25, -0.2) is 4.98 Å². The zero-order valence-corrected chi connectivity index (χ0v) is 7.71. The highest BCUT2D eigenvalue weighted by Gasteiger charge is 1.92. The highest BCUT2D eigenvalue weighted by Crippen LogP contribution is 2.10. The van der Waals surface area contributed by atoms with Crippen molar-refractivity contribution >= 4 is 24.0 Å². The van der Waals surface area contributed by atoms with E-state index in [1.807, 2.05) is 30.3 Å². The van der Waals surface area contributed by atoms with Crippen LogP contribution >= 0.6 is 12.4 Å². The molecule has 68 valence electrons. The Morgan fingerprint density at radius 2 is 1.92 bits per heavy atom. The smallest absolute Gasteiger partial charge is 0.204 e. The number of imidazole rings is 1. The molecule has 0 saturated carbocycles. The second-order valence-corrected chi connectivity index (χ2v) is 2.43. The predicted molar refractivity (Wildman–Crippen MR) is 55.6 cm³/mol. The Morgan fingerprint density at radius 1 is 1.15 bits per heavy atom. The number of anilines is 2. The molecule has 0 atom stereocenters. The number of nitrogens with zero attached hydrogens (tertiary/aromatic N) is 1. The second-order valence-electron chi connectivity index (χ2n) is 2.43. The Labute approximate surface area is 82.6 Å². The lowest BCUT2D eigenvalue weighted by Gasteiger charge is -2.00. The van der Waals surface area contributed by atoms with Gasteiger partial charge in [0.25, 0.3) is 0 Å². The normalized spacial score (nSPS) is 8.92. The molecular formula is C9H10ClN3. The van der Waals surface area contributed by atoms with Gasteiger partial charge in [-0.15, -0.1) is 12.4 Å². The summed E-state index contributed by atoms with van der Waals surface area (Å²) in [4.78, 5) is 7.01. The molecule has 3 nitrogen and oxygen atoms in total. The lowest BCUT2D eigenvalue weighted by molar-refractivity contribution is 1.29. The third kappa shape index (κ3) is 2.49. The van der Waals surface area contributed by atoms with Gasteiger partial charge in [-0.3, -0.25) is 0 Å². The van der Waals surface area contributed by atoms with Crippen molar-refractivity contribution in [3.05, 3.63) is 42.7 Å². The first-order valence-corrected chi connectivity index (χ1v) is 3.76. The molecule has 0 spiro atoms. The largest absolute Gasteiger partial charge is 0.331 e. The van der Waals surface area contributed by atoms with Gasteiger partial charge in [-0.05, 0) is 12.1 Å². The summed E-state index contributed by atoms with van der Waals surface area (Å²) in [5.41, 5.74) is 1.03. The summed E-state index contributed by atoms with van der Waals surface area (Å²) in [6.45, 7) is 0. The second kappa shape index (κ2) is 4.52. The molecule has 1 aromatic heterocycles. The Bertz CT molecular complexity index is 331. The van der Waals surface area contributed by atoms with Crippen LogP contribution in [0.2, 0.25) is 0 Å². The van der Waals surface area contributed by atoms with Crippen LogP contribution in [0.1, 0.15) is 0 Å². The number of halogens is 1. The van der Waals surface area contributed by atoms with Crippen molar-refractivity contribution in [3.8, 4) is 0 Å². The van der Waals surface area contributed by atoms with Gasteiger partial charge in [0, 0.05) is 18.1 Å². The predicted octanol–water partition coefficient (Wildman–Crippen LogP) is 2.58. The van der Waals surface area contributed by atoms with Crippen molar-refractivity contribution in [1.82, 2.24) is 9.97 Å². The van der Waals surface area contributed by atoms with E-state index < -0.39 is 0 Å². The van der Waals surface area contributed by atoms with Crippen LogP contribution in [0.15, 0.2) is 42.7 Å². The molecule has 13 heavy (non-hydrogen) atoms. The van der Waals surface area contributed by atoms with Crippen molar-refractivity contribution < 1.29 is 0 Å². The van der Waals surface area contributed by atoms with Crippen LogP contribution in [-0.4, -0.2) is 9.97 Å². The fourth-order valence-electron chi connectivity index (χ4n) is 0.992. The molecule has 2 aromatic rings. The molecule has 1 aromatic carbocycles. The SMILES string of the molecule is Cl.c1ccc(Nc2ncc[nH]2)cc1. The van der Waals surface area contributed by atoms with Crippen LogP contribution in [0.3, 0.4) is 0 Å². The summed E-state index contributed by atoms with van der Waals surface area (Å²) >= 11 is 0. The van der Waals surface area contributed by atoms with Gasteiger partial charge >= 0.3 is 0 Å². The highest BCUT2D eigenvalue weighted by atomic mass is 35.5. The van der Waals surface area contributed by atoms with Crippen molar-refractivity contribution in [3.63, 3.8) is 0 Å². The first-order chi connectivity index (χ1) is 5.95. The maximum atomic E-state index is 4.04. The average molecular weight is 196 g/mol.